The number of benzene rings is 1. The van der Waals surface area contributed by atoms with E-state index in [9.17, 15) is 43.2 Å². The van der Waals surface area contributed by atoms with Gasteiger partial charge in [0.2, 0.25) is 0 Å². The van der Waals surface area contributed by atoms with E-state index in [-0.39, 0.29) is 72.0 Å². The SMILES string of the molecule is CCC(C)(C)C(=O)OC.CCC(C)(C)C(=O)OCCO.CCC(C)(C)C(=O)OCO.CCC(C)C(=O)OC(C)(C)C.CCOC(=O)C(C)CC.COC(=O)c1cc(C(=O)OC)c(C(=O)O)cc1C(=O)O.COCC(CSC)OC. The van der Waals surface area contributed by atoms with Gasteiger partial charge in [0.15, 0.2) is 6.79 Å². The van der Waals surface area contributed by atoms with Gasteiger partial charge in [0.1, 0.15) is 12.2 Å². The number of aliphatic hydroxyl groups is 2. The molecule has 0 fully saturated rings. The Balaban J connectivity index is -0.000000202. The van der Waals surface area contributed by atoms with Crippen LogP contribution in [0.3, 0.4) is 0 Å². The topological polar surface area (TPSA) is 318 Å². The summed E-state index contributed by atoms with van der Waals surface area (Å²) in [4.78, 5) is 99.9. The molecule has 1 rings (SSSR count). The van der Waals surface area contributed by atoms with Crippen LogP contribution in [-0.4, -0.2) is 167 Å². The highest BCUT2D eigenvalue weighted by Crippen LogP contribution is 2.23. The zero-order valence-electron chi connectivity index (χ0n) is 51.7. The van der Waals surface area contributed by atoms with E-state index in [1.54, 1.807) is 39.8 Å². The monoisotopic (exact) mass is 1160 g/mol. The second kappa shape index (κ2) is 46.4. The molecule has 0 aliphatic heterocycles. The van der Waals surface area contributed by atoms with Crippen LogP contribution in [0.4, 0.5) is 0 Å². The zero-order chi connectivity index (χ0) is 63.5. The number of esters is 7. The highest BCUT2D eigenvalue weighted by atomic mass is 32.2. The number of carbonyl (C=O) groups is 9. The molecule has 0 saturated heterocycles. The molecule has 4 N–H and O–H groups in total. The van der Waals surface area contributed by atoms with Crippen molar-refractivity contribution in [2.45, 2.75) is 162 Å². The highest BCUT2D eigenvalue weighted by molar-refractivity contribution is 7.98. The third-order valence-corrected chi connectivity index (χ3v) is 11.9. The molecule has 79 heavy (non-hydrogen) atoms. The lowest BCUT2D eigenvalue weighted by molar-refractivity contribution is -0.162. The van der Waals surface area contributed by atoms with Crippen LogP contribution in [-0.2, 0) is 66.6 Å². The third-order valence-electron chi connectivity index (χ3n) is 11.2. The summed E-state index contributed by atoms with van der Waals surface area (Å²) < 4.78 is 42.4. The second-order valence-electron chi connectivity index (χ2n) is 19.8. The molecular formula is C56H100O22S. The number of aromatic carboxylic acids is 2. The van der Waals surface area contributed by atoms with E-state index in [0.29, 0.717) is 25.7 Å². The van der Waals surface area contributed by atoms with Gasteiger partial charge < -0.3 is 63.1 Å². The first kappa shape index (κ1) is 84.9. The molecule has 22 nitrogen and oxygen atoms in total. The maximum Gasteiger partial charge on any atom is 0.338 e. The smallest absolute Gasteiger partial charge is 0.338 e. The first-order valence-corrected chi connectivity index (χ1v) is 27.1. The van der Waals surface area contributed by atoms with Crippen molar-refractivity contribution in [2.24, 2.45) is 28.1 Å². The molecule has 0 spiro atoms. The van der Waals surface area contributed by atoms with Crippen molar-refractivity contribution in [3.8, 4) is 0 Å². The molecule has 1 aromatic rings. The lowest BCUT2D eigenvalue weighted by Gasteiger charge is -2.21. The molecule has 0 bridgehead atoms. The maximum atomic E-state index is 11.5. The molecule has 0 radical (unpaired) electrons. The molecule has 0 amide bonds. The Morgan fingerprint density at radius 2 is 0.924 bits per heavy atom. The molecule has 0 aliphatic carbocycles. The van der Waals surface area contributed by atoms with Crippen molar-refractivity contribution in [1.82, 2.24) is 0 Å². The van der Waals surface area contributed by atoms with Gasteiger partial charge in [-0.1, -0.05) is 48.5 Å². The number of methoxy groups -OCH3 is 5. The van der Waals surface area contributed by atoms with Crippen LogP contribution in [0.25, 0.3) is 0 Å². The summed E-state index contributed by atoms with van der Waals surface area (Å²) >= 11 is 1.77. The van der Waals surface area contributed by atoms with Gasteiger partial charge in [0.25, 0.3) is 0 Å². The number of rotatable bonds is 23. The first-order valence-electron chi connectivity index (χ1n) is 25.8. The predicted octanol–water partition coefficient (Wildman–Crippen LogP) is 9.11. The normalized spacial score (nSPS) is 11.7. The molecule has 0 aliphatic rings. The summed E-state index contributed by atoms with van der Waals surface area (Å²) in [6.45, 7) is 32.6. The molecule has 1 aromatic carbocycles. The van der Waals surface area contributed by atoms with E-state index in [0.717, 1.165) is 51.7 Å². The van der Waals surface area contributed by atoms with Gasteiger partial charge in [-0.25, -0.2) is 19.2 Å². The number of carboxylic acids is 2. The third kappa shape index (κ3) is 40.5. The van der Waals surface area contributed by atoms with Gasteiger partial charge in [-0.05, 0) is 120 Å². The predicted molar refractivity (Wildman–Crippen MR) is 301 cm³/mol. The van der Waals surface area contributed by atoms with E-state index < -0.39 is 63.8 Å². The van der Waals surface area contributed by atoms with Crippen molar-refractivity contribution in [3.63, 3.8) is 0 Å². The minimum atomic E-state index is -1.52. The van der Waals surface area contributed by atoms with Crippen molar-refractivity contribution in [1.29, 1.82) is 0 Å². The Kier molecular flexibility index (Phi) is 49.9. The molecule has 0 saturated carbocycles. The maximum absolute atomic E-state index is 11.5. The van der Waals surface area contributed by atoms with Crippen LogP contribution < -0.4 is 0 Å². The van der Waals surface area contributed by atoms with Crippen LogP contribution in [0.2, 0.25) is 0 Å². The van der Waals surface area contributed by atoms with Crippen molar-refractivity contribution >= 4 is 65.5 Å². The summed E-state index contributed by atoms with van der Waals surface area (Å²) in [5.41, 5.74) is -3.59. The fraction of sp³-hybridized carbons (Fsp3) is 0.732. The van der Waals surface area contributed by atoms with Crippen molar-refractivity contribution in [2.75, 3.05) is 80.8 Å². The number of carboxylic acid groups (broad SMARTS) is 2. The van der Waals surface area contributed by atoms with Gasteiger partial charge in [0, 0.05) is 20.0 Å². The standard InChI is InChI=1S/C12H10O8.C9H18O2.C8H16O3.C7H14O3.2C7H14O2.C6H14O2S/c1-19-11(17)7-4-8(12(18)20-2)6(10(15)16)3-5(7)9(13)14;1-6-7(2)8(10)11-9(3,4)5;1-4-8(2,3)7(10)11-6-5-9;1-4-7(2,3)6(9)10-5-8;1-5-7(2,3)6(8)9-4;1-4-6(3)7(8)9-5-2;1-7-4-6(8-2)5-9-3/h3-4H,1-2H3,(H,13,14)(H,15,16);7H,6H2,1-5H3;9H,4-6H2,1-3H3;8H,4-5H2,1-3H3;5H2,1-4H3;2*6H,4-5H2,1-3H3. The zero-order valence-corrected chi connectivity index (χ0v) is 52.5. The quantitative estimate of drug-likeness (QED) is 0.0451. The first-order chi connectivity index (χ1) is 36.4. The minimum Gasteiger partial charge on any atom is -0.478 e. The van der Waals surface area contributed by atoms with Crippen LogP contribution in [0.1, 0.15) is 191 Å². The number of thioether (sulfide) groups is 1. The number of hydrogen-bond acceptors (Lipinski definition) is 21. The molecule has 23 heteroatoms. The van der Waals surface area contributed by atoms with Gasteiger partial charge in [-0.2, -0.15) is 11.8 Å². The summed E-state index contributed by atoms with van der Waals surface area (Å²) in [6, 6.07) is 1.54. The van der Waals surface area contributed by atoms with Gasteiger partial charge in [-0.15, -0.1) is 0 Å². The molecule has 0 aromatic heterocycles. The van der Waals surface area contributed by atoms with E-state index in [4.69, 9.17) is 44.1 Å². The van der Waals surface area contributed by atoms with E-state index in [1.165, 1.54) is 7.11 Å². The minimum absolute atomic E-state index is 0.0224. The van der Waals surface area contributed by atoms with Gasteiger partial charge in [0.05, 0.1) is 97.6 Å². The Bertz CT molecular complexity index is 1870. The molecule has 0 heterocycles. The fourth-order valence-electron chi connectivity index (χ4n) is 4.38. The van der Waals surface area contributed by atoms with E-state index >= 15 is 0 Å². The average molecular weight is 1160 g/mol. The Labute approximate surface area is 474 Å². The van der Waals surface area contributed by atoms with Crippen molar-refractivity contribution < 1.29 is 106 Å². The van der Waals surface area contributed by atoms with E-state index in [2.05, 4.69) is 25.2 Å². The lowest BCUT2D eigenvalue weighted by atomic mass is 9.91. The summed E-state index contributed by atoms with van der Waals surface area (Å²) in [5, 5.41) is 34.6. The number of ether oxygens (including phenoxy) is 9. The molecular weight excluding hydrogens is 1060 g/mol. The number of hydrogen-bond donors (Lipinski definition) is 4. The molecule has 462 valence electrons. The van der Waals surface area contributed by atoms with Crippen LogP contribution >= 0.6 is 11.8 Å². The Morgan fingerprint density at radius 3 is 1.19 bits per heavy atom. The fourth-order valence-corrected chi connectivity index (χ4v) is 4.99. The molecule has 3 unspecified atom stereocenters. The summed E-state index contributed by atoms with van der Waals surface area (Å²) in [5.74, 6) is -4.89. The van der Waals surface area contributed by atoms with Crippen LogP contribution in [0, 0.1) is 28.1 Å². The lowest BCUT2D eigenvalue weighted by Crippen LogP contribution is -2.27. The average Bonchev–Trinajstić information content (AvgIpc) is 3.41. The summed E-state index contributed by atoms with van der Waals surface area (Å²) in [6.07, 6.45) is 6.29. The van der Waals surface area contributed by atoms with Crippen LogP contribution in [0.15, 0.2) is 12.1 Å². The Hall–Kier alpha value is -5.36. The number of aliphatic hydroxyl groups excluding tert-OH is 2. The van der Waals surface area contributed by atoms with Gasteiger partial charge in [-0.3, -0.25) is 24.0 Å². The second-order valence-corrected chi connectivity index (χ2v) is 20.7. The Morgan fingerprint density at radius 1 is 0.544 bits per heavy atom. The van der Waals surface area contributed by atoms with Crippen molar-refractivity contribution in [3.05, 3.63) is 34.4 Å². The van der Waals surface area contributed by atoms with E-state index in [1.807, 2.05) is 104 Å². The molecule has 3 atom stereocenters. The highest BCUT2D eigenvalue weighted by Gasteiger charge is 2.29. The summed E-state index contributed by atoms with van der Waals surface area (Å²) in [7, 11) is 6.86. The largest absolute Gasteiger partial charge is 0.478 e. The van der Waals surface area contributed by atoms with Gasteiger partial charge >= 0.3 is 53.7 Å². The van der Waals surface area contributed by atoms with Crippen LogP contribution in [0.5, 0.6) is 0 Å². The number of carbonyl (C=O) groups excluding carboxylic acids is 7.